The number of anilines is 1. The Hall–Kier alpha value is -2.03. The van der Waals surface area contributed by atoms with Crippen LogP contribution >= 0.6 is 0 Å². The molecule has 0 aliphatic carbocycles. The van der Waals surface area contributed by atoms with Gasteiger partial charge >= 0.3 is 0 Å². The maximum absolute atomic E-state index is 5.67. The molecule has 0 saturated heterocycles. The molecule has 0 radical (unpaired) electrons. The molecule has 0 bridgehead atoms. The van der Waals surface area contributed by atoms with E-state index in [4.69, 9.17) is 10.5 Å². The minimum atomic E-state index is 0.502. The summed E-state index contributed by atoms with van der Waals surface area (Å²) in [4.78, 5) is 4.29. The molecule has 0 unspecified atom stereocenters. The number of nitrogens with zero attached hydrogens (tertiary/aromatic N) is 1. The Labute approximate surface area is 94.6 Å². The number of pyridine rings is 1. The first-order valence-electron chi connectivity index (χ1n) is 5.16. The van der Waals surface area contributed by atoms with E-state index in [0.29, 0.717) is 5.82 Å². The summed E-state index contributed by atoms with van der Waals surface area (Å²) in [5.74, 6) is 2.08. The second kappa shape index (κ2) is 4.23. The summed E-state index contributed by atoms with van der Waals surface area (Å²) in [7, 11) is 0. The van der Waals surface area contributed by atoms with Crippen molar-refractivity contribution in [2.45, 2.75) is 13.8 Å². The number of allylic oxidation sites excluding steroid dienone is 2. The summed E-state index contributed by atoms with van der Waals surface area (Å²) in [6.07, 6.45) is 1.91. The minimum absolute atomic E-state index is 0.502. The summed E-state index contributed by atoms with van der Waals surface area (Å²) >= 11 is 0. The van der Waals surface area contributed by atoms with Gasteiger partial charge < -0.3 is 10.5 Å². The summed E-state index contributed by atoms with van der Waals surface area (Å²) in [5, 5.41) is 1.02. The van der Waals surface area contributed by atoms with Gasteiger partial charge in [0.25, 0.3) is 0 Å². The van der Waals surface area contributed by atoms with E-state index in [1.807, 2.05) is 44.2 Å². The maximum Gasteiger partial charge on any atom is 0.153 e. The predicted octanol–water partition coefficient (Wildman–Crippen LogP) is 3.12. The van der Waals surface area contributed by atoms with Gasteiger partial charge in [-0.25, -0.2) is 4.98 Å². The van der Waals surface area contributed by atoms with E-state index >= 15 is 0 Å². The first kappa shape index (κ1) is 10.5. The molecule has 0 saturated carbocycles. The Balaban J connectivity index is 2.56. The zero-order valence-electron chi connectivity index (χ0n) is 9.40. The number of ether oxygens (including phenoxy) is 1. The lowest BCUT2D eigenvalue weighted by molar-refractivity contribution is 0.431. The highest BCUT2D eigenvalue weighted by atomic mass is 16.5. The van der Waals surface area contributed by atoms with E-state index in [1.165, 1.54) is 0 Å². The monoisotopic (exact) mass is 214 g/mol. The molecular weight excluding hydrogens is 200 g/mol. The van der Waals surface area contributed by atoms with Gasteiger partial charge in [-0.3, -0.25) is 0 Å². The van der Waals surface area contributed by atoms with Crippen LogP contribution in [0.4, 0.5) is 5.82 Å². The lowest BCUT2D eigenvalue weighted by Gasteiger charge is -2.08. The van der Waals surface area contributed by atoms with Crippen LogP contribution < -0.4 is 10.5 Å². The average molecular weight is 214 g/mol. The van der Waals surface area contributed by atoms with Crippen molar-refractivity contribution in [3.05, 3.63) is 42.2 Å². The molecule has 0 aliphatic rings. The van der Waals surface area contributed by atoms with Gasteiger partial charge in [-0.05, 0) is 38.1 Å². The number of benzene rings is 1. The van der Waals surface area contributed by atoms with Crippen molar-refractivity contribution in [2.75, 3.05) is 5.73 Å². The van der Waals surface area contributed by atoms with Gasteiger partial charge in [0.15, 0.2) is 5.75 Å². The van der Waals surface area contributed by atoms with Crippen LogP contribution in [0, 0.1) is 0 Å². The van der Waals surface area contributed by atoms with Gasteiger partial charge in [-0.15, -0.1) is 0 Å². The predicted molar refractivity (Wildman–Crippen MR) is 66.2 cm³/mol. The van der Waals surface area contributed by atoms with Crippen LogP contribution in [-0.2, 0) is 0 Å². The topological polar surface area (TPSA) is 48.1 Å². The van der Waals surface area contributed by atoms with Crippen LogP contribution in [0.3, 0.4) is 0 Å². The van der Waals surface area contributed by atoms with E-state index < -0.39 is 0 Å². The fourth-order valence-corrected chi connectivity index (χ4v) is 1.45. The number of hydrogen-bond donors (Lipinski definition) is 1. The Bertz CT molecular complexity index is 547. The van der Waals surface area contributed by atoms with Gasteiger partial charge in [0.2, 0.25) is 0 Å². The lowest BCUT2D eigenvalue weighted by atomic mass is 10.2. The molecule has 2 aromatic rings. The highest BCUT2D eigenvalue weighted by Crippen LogP contribution is 2.25. The Morgan fingerprint density at radius 2 is 2.12 bits per heavy atom. The van der Waals surface area contributed by atoms with Gasteiger partial charge in [-0.1, -0.05) is 12.1 Å². The maximum atomic E-state index is 5.67. The third-order valence-electron chi connectivity index (χ3n) is 2.38. The zero-order valence-corrected chi connectivity index (χ0v) is 9.40. The molecule has 2 N–H and O–H groups in total. The third kappa shape index (κ3) is 1.98. The summed E-state index contributed by atoms with van der Waals surface area (Å²) < 4.78 is 5.67. The molecule has 16 heavy (non-hydrogen) atoms. The SMILES string of the molecule is CC=C(C)Oc1cccc2ccc(N)nc12. The van der Waals surface area contributed by atoms with Gasteiger partial charge in [0, 0.05) is 5.39 Å². The number of aromatic nitrogens is 1. The molecule has 0 atom stereocenters. The molecule has 1 aromatic carbocycles. The normalized spacial score (nSPS) is 11.8. The van der Waals surface area contributed by atoms with Crippen LogP contribution in [0.5, 0.6) is 5.75 Å². The van der Waals surface area contributed by atoms with E-state index in [1.54, 1.807) is 6.07 Å². The van der Waals surface area contributed by atoms with E-state index in [0.717, 1.165) is 22.4 Å². The Morgan fingerprint density at radius 1 is 1.31 bits per heavy atom. The summed E-state index contributed by atoms with van der Waals surface area (Å²) in [6.45, 7) is 3.84. The van der Waals surface area contributed by atoms with Gasteiger partial charge in [0.05, 0.1) is 5.76 Å². The lowest BCUT2D eigenvalue weighted by Crippen LogP contribution is -1.95. The third-order valence-corrected chi connectivity index (χ3v) is 2.38. The quantitative estimate of drug-likeness (QED) is 0.781. The first-order valence-corrected chi connectivity index (χ1v) is 5.16. The minimum Gasteiger partial charge on any atom is -0.460 e. The fourth-order valence-electron chi connectivity index (χ4n) is 1.45. The molecule has 3 heteroatoms. The Morgan fingerprint density at radius 3 is 2.88 bits per heavy atom. The van der Waals surface area contributed by atoms with Crippen molar-refractivity contribution in [1.29, 1.82) is 0 Å². The molecule has 0 fully saturated rings. The van der Waals surface area contributed by atoms with E-state index in [-0.39, 0.29) is 0 Å². The number of nitrogen functional groups attached to an aromatic ring is 1. The second-order valence-electron chi connectivity index (χ2n) is 3.57. The van der Waals surface area contributed by atoms with E-state index in [2.05, 4.69) is 4.98 Å². The number of fused-ring (bicyclic) bond motifs is 1. The van der Waals surface area contributed by atoms with Crippen molar-refractivity contribution in [3.8, 4) is 5.75 Å². The molecular formula is C13H14N2O. The molecule has 0 amide bonds. The van der Waals surface area contributed by atoms with Crippen molar-refractivity contribution >= 4 is 16.7 Å². The molecule has 2 rings (SSSR count). The van der Waals surface area contributed by atoms with Crippen molar-refractivity contribution in [1.82, 2.24) is 4.98 Å². The van der Waals surface area contributed by atoms with Crippen molar-refractivity contribution in [2.24, 2.45) is 0 Å². The van der Waals surface area contributed by atoms with Crippen LogP contribution in [0.2, 0.25) is 0 Å². The van der Waals surface area contributed by atoms with Crippen molar-refractivity contribution < 1.29 is 4.74 Å². The summed E-state index contributed by atoms with van der Waals surface area (Å²) in [5.41, 5.74) is 6.47. The number of para-hydroxylation sites is 1. The largest absolute Gasteiger partial charge is 0.460 e. The van der Waals surface area contributed by atoms with Crippen LogP contribution in [0.15, 0.2) is 42.2 Å². The number of hydrogen-bond acceptors (Lipinski definition) is 3. The summed E-state index contributed by atoms with van der Waals surface area (Å²) in [6, 6.07) is 9.55. The molecule has 82 valence electrons. The smallest absolute Gasteiger partial charge is 0.153 e. The molecule has 3 nitrogen and oxygen atoms in total. The van der Waals surface area contributed by atoms with Crippen LogP contribution in [-0.4, -0.2) is 4.98 Å². The highest BCUT2D eigenvalue weighted by Gasteiger charge is 2.04. The average Bonchev–Trinajstić information content (AvgIpc) is 2.29. The Kier molecular flexibility index (Phi) is 2.77. The van der Waals surface area contributed by atoms with Gasteiger partial charge in [0.1, 0.15) is 11.3 Å². The second-order valence-corrected chi connectivity index (χ2v) is 3.57. The van der Waals surface area contributed by atoms with Gasteiger partial charge in [-0.2, -0.15) is 0 Å². The fraction of sp³-hybridized carbons (Fsp3) is 0.154. The van der Waals surface area contributed by atoms with Crippen molar-refractivity contribution in [3.63, 3.8) is 0 Å². The molecule has 0 aliphatic heterocycles. The first-order chi connectivity index (χ1) is 7.70. The number of nitrogens with two attached hydrogens (primary N) is 1. The van der Waals surface area contributed by atoms with E-state index in [9.17, 15) is 0 Å². The number of rotatable bonds is 2. The van der Waals surface area contributed by atoms with Crippen LogP contribution in [0.25, 0.3) is 10.9 Å². The molecule has 0 spiro atoms. The highest BCUT2D eigenvalue weighted by molar-refractivity contribution is 5.85. The molecule has 1 heterocycles. The van der Waals surface area contributed by atoms with Crippen LogP contribution in [0.1, 0.15) is 13.8 Å². The zero-order chi connectivity index (χ0) is 11.5. The standard InChI is InChI=1S/C13H14N2O/c1-3-9(2)16-11-6-4-5-10-7-8-12(14)15-13(10)11/h3-8H,1-2H3,(H2,14,15). The molecule has 1 aromatic heterocycles.